The van der Waals surface area contributed by atoms with Crippen LogP contribution < -0.4 is 5.32 Å². The first-order chi connectivity index (χ1) is 13.0. The molecule has 0 aliphatic heterocycles. The summed E-state index contributed by atoms with van der Waals surface area (Å²) in [6, 6.07) is 14.5. The summed E-state index contributed by atoms with van der Waals surface area (Å²) in [5.74, 6) is 1.24. The molecule has 0 aliphatic rings. The zero-order chi connectivity index (χ0) is 19.2. The van der Waals surface area contributed by atoms with E-state index in [4.69, 9.17) is 23.2 Å². The third-order valence-electron chi connectivity index (χ3n) is 3.59. The van der Waals surface area contributed by atoms with E-state index < -0.39 is 0 Å². The fourth-order valence-electron chi connectivity index (χ4n) is 2.35. The van der Waals surface area contributed by atoms with Crippen molar-refractivity contribution in [3.8, 4) is 0 Å². The maximum absolute atomic E-state index is 10.8. The number of thioether (sulfide) groups is 1. The van der Waals surface area contributed by atoms with Gasteiger partial charge >= 0.3 is 0 Å². The number of nitrogens with one attached hydrogen (secondary N) is 1. The van der Waals surface area contributed by atoms with Gasteiger partial charge in [0.2, 0.25) is 5.28 Å². The second-order valence-electron chi connectivity index (χ2n) is 5.51. The Morgan fingerprint density at radius 3 is 2.78 bits per heavy atom. The average Bonchev–Trinajstić information content (AvgIpc) is 2.65. The van der Waals surface area contributed by atoms with Crippen LogP contribution in [0, 0.1) is 10.1 Å². The van der Waals surface area contributed by atoms with Crippen molar-refractivity contribution in [3.63, 3.8) is 0 Å². The Labute approximate surface area is 170 Å². The summed E-state index contributed by atoms with van der Waals surface area (Å²) >= 11 is 13.5. The van der Waals surface area contributed by atoms with E-state index in [2.05, 4.69) is 15.3 Å². The maximum Gasteiger partial charge on any atom is 0.269 e. The van der Waals surface area contributed by atoms with Crippen molar-refractivity contribution < 1.29 is 4.92 Å². The highest BCUT2D eigenvalue weighted by Gasteiger charge is 2.07. The van der Waals surface area contributed by atoms with Crippen LogP contribution >= 0.6 is 35.0 Å². The second kappa shape index (κ2) is 9.03. The van der Waals surface area contributed by atoms with Crippen LogP contribution in [0.2, 0.25) is 10.3 Å². The lowest BCUT2D eigenvalue weighted by atomic mass is 10.1. The molecule has 0 fully saturated rings. The third kappa shape index (κ3) is 5.56. The molecule has 0 unspecified atom stereocenters. The number of nitrogens with zero attached hydrogens (tertiary/aromatic N) is 3. The summed E-state index contributed by atoms with van der Waals surface area (Å²) in [6.45, 7) is 0. The molecule has 0 bridgehead atoms. The van der Waals surface area contributed by atoms with Gasteiger partial charge in [0.25, 0.3) is 5.69 Å². The molecule has 0 saturated carbocycles. The van der Waals surface area contributed by atoms with Crippen LogP contribution in [0.15, 0.2) is 59.6 Å². The fourth-order valence-corrected chi connectivity index (χ4v) is 3.58. The van der Waals surface area contributed by atoms with Gasteiger partial charge in [-0.1, -0.05) is 29.8 Å². The molecular formula is C18H14Cl2N4O2S. The van der Waals surface area contributed by atoms with Crippen molar-refractivity contribution >= 4 is 52.2 Å². The predicted molar refractivity (Wildman–Crippen MR) is 109 cm³/mol. The molecule has 1 heterocycles. The van der Waals surface area contributed by atoms with E-state index in [9.17, 15) is 10.1 Å². The molecule has 9 heteroatoms. The molecule has 0 spiro atoms. The molecule has 0 radical (unpaired) electrons. The Hall–Kier alpha value is -2.35. The van der Waals surface area contributed by atoms with Crippen molar-refractivity contribution in [1.82, 2.24) is 9.97 Å². The lowest BCUT2D eigenvalue weighted by Gasteiger charge is -2.09. The summed E-state index contributed by atoms with van der Waals surface area (Å²) in [5, 5.41) is 14.5. The van der Waals surface area contributed by atoms with Crippen LogP contribution in [0.5, 0.6) is 0 Å². The number of rotatable bonds is 7. The highest BCUT2D eigenvalue weighted by Crippen LogP contribution is 2.27. The lowest BCUT2D eigenvalue weighted by Crippen LogP contribution is -1.96. The van der Waals surface area contributed by atoms with Crippen molar-refractivity contribution in [2.45, 2.75) is 11.3 Å². The van der Waals surface area contributed by atoms with E-state index in [1.54, 1.807) is 23.9 Å². The molecular weight excluding hydrogens is 407 g/mol. The first-order valence-corrected chi connectivity index (χ1v) is 9.67. The fraction of sp³-hybridized carbons (Fsp3) is 0.111. The molecule has 3 aromatic rings. The third-order valence-corrected chi connectivity index (χ3v) is 5.05. The van der Waals surface area contributed by atoms with E-state index in [0.717, 1.165) is 28.3 Å². The first-order valence-electron chi connectivity index (χ1n) is 7.92. The van der Waals surface area contributed by atoms with Gasteiger partial charge in [0, 0.05) is 28.5 Å². The molecule has 138 valence electrons. The molecule has 1 N–H and O–H groups in total. The second-order valence-corrected chi connectivity index (χ2v) is 7.43. The van der Waals surface area contributed by atoms with Gasteiger partial charge in [-0.3, -0.25) is 10.1 Å². The van der Waals surface area contributed by atoms with Gasteiger partial charge in [-0.15, -0.1) is 11.8 Å². The van der Waals surface area contributed by atoms with Gasteiger partial charge in [0.1, 0.15) is 5.02 Å². The average molecular weight is 421 g/mol. The molecule has 6 nitrogen and oxygen atoms in total. The van der Waals surface area contributed by atoms with Crippen LogP contribution in [0.1, 0.15) is 5.56 Å². The highest BCUT2D eigenvalue weighted by molar-refractivity contribution is 7.99. The van der Waals surface area contributed by atoms with Crippen molar-refractivity contribution in [3.05, 3.63) is 80.7 Å². The van der Waals surface area contributed by atoms with E-state index >= 15 is 0 Å². The summed E-state index contributed by atoms with van der Waals surface area (Å²) in [7, 11) is 0. The topological polar surface area (TPSA) is 81.0 Å². The number of hydrogen-bond donors (Lipinski definition) is 1. The minimum Gasteiger partial charge on any atom is -0.339 e. The molecule has 1 aromatic heterocycles. The van der Waals surface area contributed by atoms with Crippen molar-refractivity contribution in [2.75, 3.05) is 11.1 Å². The number of benzene rings is 2. The molecule has 0 saturated heterocycles. The van der Waals surface area contributed by atoms with Crippen molar-refractivity contribution in [1.29, 1.82) is 0 Å². The number of halogens is 2. The minimum absolute atomic E-state index is 0.115. The van der Waals surface area contributed by atoms with E-state index in [-0.39, 0.29) is 15.9 Å². The Balaban J connectivity index is 1.62. The smallest absolute Gasteiger partial charge is 0.269 e. The standard InChI is InChI=1S/C18H14Cl2N4O2S/c19-16-11-21-18(20)23-17(16)22-13-4-2-6-15(10-13)27-8-7-12-3-1-5-14(9-12)24(25)26/h1-6,9-11H,7-8H2,(H,21,22,23). The molecule has 0 aliphatic carbocycles. The molecule has 2 aromatic carbocycles. The summed E-state index contributed by atoms with van der Waals surface area (Å²) in [6.07, 6.45) is 2.17. The quantitative estimate of drug-likeness (QED) is 0.226. The number of aromatic nitrogens is 2. The van der Waals surface area contributed by atoms with Crippen LogP contribution in [0.4, 0.5) is 17.2 Å². The Kier molecular flexibility index (Phi) is 6.49. The summed E-state index contributed by atoms with van der Waals surface area (Å²) < 4.78 is 0. The van der Waals surface area contributed by atoms with Crippen LogP contribution in [0.25, 0.3) is 0 Å². The Bertz CT molecular complexity index is 972. The number of nitro benzene ring substituents is 1. The Morgan fingerprint density at radius 1 is 1.15 bits per heavy atom. The van der Waals surface area contributed by atoms with Crippen LogP contribution in [0.3, 0.4) is 0 Å². The van der Waals surface area contributed by atoms with Gasteiger partial charge in [-0.05, 0) is 41.8 Å². The molecule has 3 rings (SSSR count). The van der Waals surface area contributed by atoms with Crippen molar-refractivity contribution in [2.24, 2.45) is 0 Å². The minimum atomic E-state index is -0.379. The van der Waals surface area contributed by atoms with Crippen LogP contribution in [-0.4, -0.2) is 20.6 Å². The van der Waals surface area contributed by atoms with E-state index in [1.807, 2.05) is 30.3 Å². The van der Waals surface area contributed by atoms with Gasteiger partial charge < -0.3 is 5.32 Å². The SMILES string of the molecule is O=[N+]([O-])c1cccc(CCSc2cccc(Nc3nc(Cl)ncc3Cl)c2)c1. The number of aryl methyl sites for hydroxylation is 1. The summed E-state index contributed by atoms with van der Waals surface area (Å²) in [4.78, 5) is 19.4. The summed E-state index contributed by atoms with van der Waals surface area (Å²) in [5.41, 5.74) is 1.88. The number of anilines is 2. The van der Waals surface area contributed by atoms with Gasteiger partial charge in [0.15, 0.2) is 5.82 Å². The molecule has 0 atom stereocenters. The van der Waals surface area contributed by atoms with Gasteiger partial charge in [-0.2, -0.15) is 4.98 Å². The van der Waals surface area contributed by atoms with Gasteiger partial charge in [-0.25, -0.2) is 4.98 Å². The normalized spacial score (nSPS) is 10.6. The molecule has 27 heavy (non-hydrogen) atoms. The highest BCUT2D eigenvalue weighted by atomic mass is 35.5. The first kappa shape index (κ1) is 19.4. The number of non-ortho nitro benzene ring substituents is 1. The van der Waals surface area contributed by atoms with E-state index in [0.29, 0.717) is 10.8 Å². The zero-order valence-electron chi connectivity index (χ0n) is 13.9. The van der Waals surface area contributed by atoms with Crippen LogP contribution in [-0.2, 0) is 6.42 Å². The number of nitro groups is 1. The zero-order valence-corrected chi connectivity index (χ0v) is 16.3. The maximum atomic E-state index is 10.8. The van der Waals surface area contributed by atoms with Gasteiger partial charge in [0.05, 0.1) is 11.1 Å². The monoisotopic (exact) mass is 420 g/mol. The molecule has 0 amide bonds. The Morgan fingerprint density at radius 2 is 1.96 bits per heavy atom. The van der Waals surface area contributed by atoms with E-state index in [1.165, 1.54) is 12.3 Å². The number of hydrogen-bond acceptors (Lipinski definition) is 6. The predicted octanol–water partition coefficient (Wildman–Crippen LogP) is 5.77. The lowest BCUT2D eigenvalue weighted by molar-refractivity contribution is -0.384. The largest absolute Gasteiger partial charge is 0.339 e.